The lowest BCUT2D eigenvalue weighted by Crippen LogP contribution is -2.39. The van der Waals surface area contributed by atoms with E-state index in [0.717, 1.165) is 37.2 Å². The Balaban J connectivity index is 2.23. The molecule has 2 aromatic rings. The van der Waals surface area contributed by atoms with Crippen LogP contribution in [0.15, 0.2) is 30.5 Å². The van der Waals surface area contributed by atoms with Gasteiger partial charge in [-0.05, 0) is 63.6 Å². The first kappa shape index (κ1) is 23.2. The fraction of sp³-hybridized carbons (Fsp3) is 0.520. The Morgan fingerprint density at radius 1 is 1.26 bits per heavy atom. The maximum Gasteiger partial charge on any atom is 0.337 e. The van der Waals surface area contributed by atoms with Crippen LogP contribution in [0.1, 0.15) is 64.8 Å². The van der Waals surface area contributed by atoms with Gasteiger partial charge in [0.05, 0.1) is 11.3 Å². The van der Waals surface area contributed by atoms with Crippen molar-refractivity contribution in [1.82, 2.24) is 4.98 Å². The molecule has 1 aliphatic heterocycles. The zero-order valence-electron chi connectivity index (χ0n) is 19.3. The Labute approximate surface area is 184 Å². The molecular weight excluding hydrogens is 395 g/mol. The van der Waals surface area contributed by atoms with Crippen LogP contribution in [-0.4, -0.2) is 34.8 Å². The number of anilines is 1. The van der Waals surface area contributed by atoms with Crippen LogP contribution in [0, 0.1) is 18.2 Å². The summed E-state index contributed by atoms with van der Waals surface area (Å²) < 4.78 is 20.1. The molecule has 6 heteroatoms. The molecule has 1 fully saturated rings. The Hall–Kier alpha value is -2.47. The van der Waals surface area contributed by atoms with E-state index in [1.807, 2.05) is 33.8 Å². The van der Waals surface area contributed by atoms with Crippen molar-refractivity contribution in [3.05, 3.63) is 47.5 Å². The monoisotopic (exact) mass is 428 g/mol. The van der Waals surface area contributed by atoms with E-state index < -0.39 is 17.7 Å². The van der Waals surface area contributed by atoms with Gasteiger partial charge in [-0.2, -0.15) is 0 Å². The van der Waals surface area contributed by atoms with Gasteiger partial charge in [-0.15, -0.1) is 0 Å². The predicted octanol–water partition coefficient (Wildman–Crippen LogP) is 5.76. The van der Waals surface area contributed by atoms with Gasteiger partial charge in [0.15, 0.2) is 6.10 Å². The first-order chi connectivity index (χ1) is 14.4. The molecule has 0 bridgehead atoms. The number of carboxylic acids is 1. The number of carbonyl (C=O) groups is 1. The third-order valence-electron chi connectivity index (χ3n) is 5.81. The summed E-state index contributed by atoms with van der Waals surface area (Å²) in [5, 5.41) is 10.1. The van der Waals surface area contributed by atoms with Gasteiger partial charge in [0, 0.05) is 36.1 Å². The Morgan fingerprint density at radius 3 is 2.45 bits per heavy atom. The number of ether oxygens (including phenoxy) is 1. The molecule has 31 heavy (non-hydrogen) atoms. The second-order valence-electron chi connectivity index (χ2n) is 10.1. The number of hydrogen-bond acceptors (Lipinski definition) is 4. The quantitative estimate of drug-likeness (QED) is 0.656. The van der Waals surface area contributed by atoms with Gasteiger partial charge in [0.25, 0.3) is 0 Å². The van der Waals surface area contributed by atoms with E-state index in [9.17, 15) is 14.3 Å². The van der Waals surface area contributed by atoms with Gasteiger partial charge in [0.2, 0.25) is 0 Å². The Kier molecular flexibility index (Phi) is 6.42. The lowest BCUT2D eigenvalue weighted by molar-refractivity contribution is -0.160. The van der Waals surface area contributed by atoms with Crippen molar-refractivity contribution in [2.75, 3.05) is 18.0 Å². The molecule has 1 aromatic carbocycles. The second kappa shape index (κ2) is 8.58. The highest BCUT2D eigenvalue weighted by Gasteiger charge is 2.35. The number of aromatic nitrogens is 1. The first-order valence-corrected chi connectivity index (χ1v) is 10.8. The minimum atomic E-state index is -1.18. The summed E-state index contributed by atoms with van der Waals surface area (Å²) in [7, 11) is 0. The highest BCUT2D eigenvalue weighted by Crippen LogP contribution is 2.43. The normalized spacial score (nSPS) is 17.5. The standard InChI is InChI=1S/C25H33FN2O3/c1-16-20(22(23(29)30)31-24(2,3)4)21(28-12-10-25(5,6)11-13-28)19(15-27-16)17-8-7-9-18(26)14-17/h7-9,14-15,22H,10-13H2,1-6H3,(H,29,30)/t22-/m0/s1. The van der Waals surface area contributed by atoms with Gasteiger partial charge in [-0.25, -0.2) is 9.18 Å². The molecule has 0 unspecified atom stereocenters. The summed E-state index contributed by atoms with van der Waals surface area (Å²) in [5.41, 5.74) is 2.90. The molecule has 0 aliphatic carbocycles. The summed E-state index contributed by atoms with van der Waals surface area (Å²) in [5.74, 6) is -1.40. The van der Waals surface area contributed by atoms with E-state index >= 15 is 0 Å². The zero-order chi connectivity index (χ0) is 23.0. The SMILES string of the molecule is Cc1ncc(-c2cccc(F)c2)c(N2CCC(C)(C)CC2)c1[C@H](OC(C)(C)C)C(=O)O. The molecule has 0 radical (unpaired) electrons. The minimum Gasteiger partial charge on any atom is -0.479 e. The number of aryl methyl sites for hydroxylation is 1. The summed E-state index contributed by atoms with van der Waals surface area (Å²) in [6.45, 7) is 13.4. The van der Waals surface area contributed by atoms with Crippen LogP contribution in [0.4, 0.5) is 10.1 Å². The number of piperidine rings is 1. The third-order valence-corrected chi connectivity index (χ3v) is 5.81. The average Bonchev–Trinajstić information content (AvgIpc) is 2.65. The van der Waals surface area contributed by atoms with E-state index in [1.54, 1.807) is 12.3 Å². The molecule has 1 atom stereocenters. The first-order valence-electron chi connectivity index (χ1n) is 10.8. The fourth-order valence-corrected chi connectivity index (χ4v) is 4.05. The Morgan fingerprint density at radius 2 is 1.90 bits per heavy atom. The molecule has 0 amide bonds. The van der Waals surface area contributed by atoms with Crippen LogP contribution in [0.2, 0.25) is 0 Å². The van der Waals surface area contributed by atoms with Crippen molar-refractivity contribution in [2.24, 2.45) is 5.41 Å². The largest absolute Gasteiger partial charge is 0.479 e. The summed E-state index contributed by atoms with van der Waals surface area (Å²) in [6.07, 6.45) is 2.51. The van der Waals surface area contributed by atoms with E-state index in [4.69, 9.17) is 4.74 Å². The van der Waals surface area contributed by atoms with E-state index in [1.165, 1.54) is 12.1 Å². The van der Waals surface area contributed by atoms with Gasteiger partial charge in [0.1, 0.15) is 5.82 Å². The summed E-state index contributed by atoms with van der Waals surface area (Å²) in [4.78, 5) is 19.1. The van der Waals surface area contributed by atoms with Crippen LogP contribution >= 0.6 is 0 Å². The van der Waals surface area contributed by atoms with Crippen LogP contribution in [0.3, 0.4) is 0 Å². The summed E-state index contributed by atoms with van der Waals surface area (Å²) >= 11 is 0. The summed E-state index contributed by atoms with van der Waals surface area (Å²) in [6, 6.07) is 6.36. The average molecular weight is 429 g/mol. The number of benzene rings is 1. The van der Waals surface area contributed by atoms with Crippen molar-refractivity contribution in [1.29, 1.82) is 0 Å². The fourth-order valence-electron chi connectivity index (χ4n) is 4.05. The molecule has 1 aromatic heterocycles. The maximum absolute atomic E-state index is 14.1. The number of carboxylic acid groups (broad SMARTS) is 1. The zero-order valence-corrected chi connectivity index (χ0v) is 19.3. The molecule has 1 aliphatic rings. The van der Waals surface area contributed by atoms with Crippen LogP contribution in [0.5, 0.6) is 0 Å². The number of hydrogen-bond donors (Lipinski definition) is 1. The number of aliphatic carboxylic acids is 1. The van der Waals surface area contributed by atoms with E-state index in [-0.39, 0.29) is 11.2 Å². The molecule has 3 rings (SSSR count). The van der Waals surface area contributed by atoms with Crippen LogP contribution < -0.4 is 4.90 Å². The van der Waals surface area contributed by atoms with Crippen LogP contribution in [-0.2, 0) is 9.53 Å². The topological polar surface area (TPSA) is 62.7 Å². The van der Waals surface area contributed by atoms with Crippen molar-refractivity contribution < 1.29 is 19.0 Å². The predicted molar refractivity (Wildman–Crippen MR) is 121 cm³/mol. The van der Waals surface area contributed by atoms with Crippen molar-refractivity contribution in [2.45, 2.75) is 66.1 Å². The molecule has 168 valence electrons. The minimum absolute atomic E-state index is 0.228. The highest BCUT2D eigenvalue weighted by molar-refractivity contribution is 5.86. The molecule has 1 saturated heterocycles. The lowest BCUT2D eigenvalue weighted by atomic mass is 9.82. The number of nitrogens with zero attached hydrogens (tertiary/aromatic N) is 2. The number of halogens is 1. The molecule has 1 N–H and O–H groups in total. The molecule has 0 saturated carbocycles. The second-order valence-corrected chi connectivity index (χ2v) is 10.1. The Bertz CT molecular complexity index is 956. The van der Waals surface area contributed by atoms with Crippen molar-refractivity contribution in [3.8, 4) is 11.1 Å². The molecular formula is C25H33FN2O3. The van der Waals surface area contributed by atoms with E-state index in [2.05, 4.69) is 23.7 Å². The van der Waals surface area contributed by atoms with Gasteiger partial charge < -0.3 is 14.7 Å². The van der Waals surface area contributed by atoms with Crippen molar-refractivity contribution in [3.63, 3.8) is 0 Å². The molecule has 0 spiro atoms. The van der Waals surface area contributed by atoms with Gasteiger partial charge >= 0.3 is 5.97 Å². The highest BCUT2D eigenvalue weighted by atomic mass is 19.1. The van der Waals surface area contributed by atoms with E-state index in [0.29, 0.717) is 16.8 Å². The number of rotatable bonds is 5. The van der Waals surface area contributed by atoms with Gasteiger partial charge in [-0.1, -0.05) is 26.0 Å². The third kappa shape index (κ3) is 5.42. The number of pyridine rings is 1. The van der Waals surface area contributed by atoms with Crippen molar-refractivity contribution >= 4 is 11.7 Å². The lowest BCUT2D eigenvalue weighted by Gasteiger charge is -2.41. The smallest absolute Gasteiger partial charge is 0.337 e. The van der Waals surface area contributed by atoms with Gasteiger partial charge in [-0.3, -0.25) is 4.98 Å². The maximum atomic E-state index is 14.1. The molecule has 2 heterocycles. The van der Waals surface area contributed by atoms with Crippen LogP contribution in [0.25, 0.3) is 11.1 Å². The molecule has 5 nitrogen and oxygen atoms in total.